The van der Waals surface area contributed by atoms with Crippen LogP contribution in [0.15, 0.2) is 0 Å². The van der Waals surface area contributed by atoms with E-state index in [2.05, 4.69) is 20.8 Å². The van der Waals surface area contributed by atoms with Crippen molar-refractivity contribution in [3.05, 3.63) is 0 Å². The van der Waals surface area contributed by atoms with E-state index >= 15 is 0 Å². The van der Waals surface area contributed by atoms with Crippen molar-refractivity contribution in [3.63, 3.8) is 0 Å². The van der Waals surface area contributed by atoms with E-state index in [-0.39, 0.29) is 11.9 Å². The summed E-state index contributed by atoms with van der Waals surface area (Å²) in [5.74, 6) is -0.150. The average Bonchev–Trinajstić information content (AvgIpc) is 2.44. The molecule has 2 N–H and O–H groups in total. The molecule has 0 fully saturated rings. The smallest absolute Gasteiger partial charge is 0.311 e. The predicted molar refractivity (Wildman–Crippen MR) is 89.3 cm³/mol. The zero-order valence-electron chi connectivity index (χ0n) is 14.9. The van der Waals surface area contributed by atoms with Crippen LogP contribution in [-0.2, 0) is 9.53 Å². The number of carbonyl (C=O) groups is 1. The summed E-state index contributed by atoms with van der Waals surface area (Å²) in [5.41, 5.74) is 0. The minimum atomic E-state index is -1.42. The predicted octanol–water partition coefficient (Wildman–Crippen LogP) is 4.03. The first-order valence-electron chi connectivity index (χ1n) is 8.95. The zero-order chi connectivity index (χ0) is 17.0. The van der Waals surface area contributed by atoms with Crippen LogP contribution in [-0.4, -0.2) is 28.6 Å². The molecule has 0 spiro atoms. The van der Waals surface area contributed by atoms with Crippen molar-refractivity contribution in [2.75, 3.05) is 0 Å². The number of hydrogen-bond acceptors (Lipinski definition) is 4. The lowest BCUT2D eigenvalue weighted by Crippen LogP contribution is -2.32. The Kier molecular flexibility index (Phi) is 12.5. The molecule has 0 radical (unpaired) electrons. The number of hydrogen-bond donors (Lipinski definition) is 2. The molecular formula is C18H36O4. The fourth-order valence-corrected chi connectivity index (χ4v) is 2.56. The Morgan fingerprint density at radius 3 is 2.00 bits per heavy atom. The molecule has 0 bridgehead atoms. The molecule has 22 heavy (non-hydrogen) atoms. The molecule has 0 heterocycles. The van der Waals surface area contributed by atoms with Crippen LogP contribution in [0.1, 0.15) is 85.5 Å². The Hall–Kier alpha value is -0.610. The van der Waals surface area contributed by atoms with E-state index in [1.165, 1.54) is 39.0 Å². The van der Waals surface area contributed by atoms with Crippen LogP contribution in [0.4, 0.5) is 0 Å². The Morgan fingerprint density at radius 1 is 0.955 bits per heavy atom. The third-order valence-electron chi connectivity index (χ3n) is 3.89. The standard InChI is InChI=1S/C18H36O4/c1-5-6-7-8-9-10-11-12-16(13-14(2)3)18(21)22-17(20)15(4)19/h14-17,19-20H,5-13H2,1-4H3. The summed E-state index contributed by atoms with van der Waals surface area (Å²) in [5, 5.41) is 18.7. The molecular weight excluding hydrogens is 280 g/mol. The Bertz CT molecular complexity index is 276. The van der Waals surface area contributed by atoms with Crippen LogP contribution in [0.5, 0.6) is 0 Å². The maximum atomic E-state index is 12.1. The quantitative estimate of drug-likeness (QED) is 0.306. The van der Waals surface area contributed by atoms with E-state index in [1.807, 2.05) is 0 Å². The highest BCUT2D eigenvalue weighted by molar-refractivity contribution is 5.72. The van der Waals surface area contributed by atoms with Gasteiger partial charge < -0.3 is 14.9 Å². The summed E-state index contributed by atoms with van der Waals surface area (Å²) in [7, 11) is 0. The van der Waals surface area contributed by atoms with Gasteiger partial charge in [0.25, 0.3) is 0 Å². The minimum Gasteiger partial charge on any atom is -0.433 e. The molecule has 0 aromatic heterocycles. The Labute approximate surface area is 136 Å². The molecule has 0 saturated heterocycles. The molecule has 0 aromatic rings. The highest BCUT2D eigenvalue weighted by atomic mass is 16.6. The highest BCUT2D eigenvalue weighted by Gasteiger charge is 2.25. The van der Waals surface area contributed by atoms with Crippen molar-refractivity contribution < 1.29 is 19.7 Å². The van der Waals surface area contributed by atoms with E-state index in [9.17, 15) is 15.0 Å². The van der Waals surface area contributed by atoms with Crippen molar-refractivity contribution in [1.82, 2.24) is 0 Å². The SMILES string of the molecule is CCCCCCCCCC(CC(C)C)C(=O)OC(O)C(C)O. The fourth-order valence-electron chi connectivity index (χ4n) is 2.56. The number of aliphatic hydroxyl groups is 2. The van der Waals surface area contributed by atoms with Crippen molar-refractivity contribution in [1.29, 1.82) is 0 Å². The molecule has 132 valence electrons. The van der Waals surface area contributed by atoms with Gasteiger partial charge in [0.05, 0.1) is 5.92 Å². The van der Waals surface area contributed by atoms with Gasteiger partial charge in [-0.05, 0) is 25.7 Å². The summed E-state index contributed by atoms with van der Waals surface area (Å²) in [6.45, 7) is 7.78. The van der Waals surface area contributed by atoms with Crippen LogP contribution < -0.4 is 0 Å². The van der Waals surface area contributed by atoms with Crippen LogP contribution in [0, 0.1) is 11.8 Å². The van der Waals surface area contributed by atoms with Gasteiger partial charge in [-0.1, -0.05) is 65.7 Å². The summed E-state index contributed by atoms with van der Waals surface area (Å²) in [6, 6.07) is 0. The molecule has 0 amide bonds. The summed E-state index contributed by atoms with van der Waals surface area (Å²) in [4.78, 5) is 12.1. The molecule has 0 aliphatic heterocycles. The second-order valence-corrected chi connectivity index (χ2v) is 6.80. The molecule has 3 atom stereocenters. The van der Waals surface area contributed by atoms with Crippen LogP contribution in [0.25, 0.3) is 0 Å². The monoisotopic (exact) mass is 316 g/mol. The van der Waals surface area contributed by atoms with Crippen LogP contribution >= 0.6 is 0 Å². The van der Waals surface area contributed by atoms with Crippen LogP contribution in [0.3, 0.4) is 0 Å². The minimum absolute atomic E-state index is 0.177. The van der Waals surface area contributed by atoms with Gasteiger partial charge in [0.2, 0.25) is 6.29 Å². The molecule has 0 saturated carbocycles. The van der Waals surface area contributed by atoms with E-state index in [0.29, 0.717) is 5.92 Å². The van der Waals surface area contributed by atoms with Gasteiger partial charge in [-0.3, -0.25) is 4.79 Å². The molecule has 0 aliphatic carbocycles. The highest BCUT2D eigenvalue weighted by Crippen LogP contribution is 2.21. The lowest BCUT2D eigenvalue weighted by Gasteiger charge is -2.21. The van der Waals surface area contributed by atoms with Gasteiger partial charge in [-0.2, -0.15) is 0 Å². The first-order chi connectivity index (χ1) is 10.4. The van der Waals surface area contributed by atoms with Gasteiger partial charge in [-0.15, -0.1) is 0 Å². The second kappa shape index (κ2) is 12.9. The van der Waals surface area contributed by atoms with Gasteiger partial charge >= 0.3 is 5.97 Å². The lowest BCUT2D eigenvalue weighted by molar-refractivity contribution is -0.189. The number of aliphatic hydroxyl groups excluding tert-OH is 2. The Morgan fingerprint density at radius 2 is 1.50 bits per heavy atom. The topological polar surface area (TPSA) is 66.8 Å². The van der Waals surface area contributed by atoms with E-state index < -0.39 is 12.4 Å². The van der Waals surface area contributed by atoms with Gasteiger partial charge in [-0.25, -0.2) is 0 Å². The molecule has 0 aromatic carbocycles. The molecule has 0 aliphatic rings. The number of carbonyl (C=O) groups excluding carboxylic acids is 1. The van der Waals surface area contributed by atoms with Crippen molar-refractivity contribution in [2.24, 2.45) is 11.8 Å². The van der Waals surface area contributed by atoms with Crippen molar-refractivity contribution >= 4 is 5.97 Å². The average molecular weight is 316 g/mol. The fraction of sp³-hybridized carbons (Fsp3) is 0.944. The largest absolute Gasteiger partial charge is 0.433 e. The maximum absolute atomic E-state index is 12.1. The number of unbranched alkanes of at least 4 members (excludes halogenated alkanes) is 6. The number of rotatable bonds is 13. The zero-order valence-corrected chi connectivity index (χ0v) is 14.9. The number of esters is 1. The third-order valence-corrected chi connectivity index (χ3v) is 3.89. The van der Waals surface area contributed by atoms with Gasteiger partial charge in [0.1, 0.15) is 6.10 Å². The molecule has 0 rings (SSSR count). The first kappa shape index (κ1) is 21.4. The van der Waals surface area contributed by atoms with Gasteiger partial charge in [0.15, 0.2) is 0 Å². The van der Waals surface area contributed by atoms with E-state index in [4.69, 9.17) is 4.74 Å². The van der Waals surface area contributed by atoms with Crippen molar-refractivity contribution in [2.45, 2.75) is 97.9 Å². The summed E-state index contributed by atoms with van der Waals surface area (Å²) < 4.78 is 4.95. The summed E-state index contributed by atoms with van der Waals surface area (Å²) >= 11 is 0. The Balaban J connectivity index is 4.09. The molecule has 4 nitrogen and oxygen atoms in total. The normalized spacial score (nSPS) is 15.6. The van der Waals surface area contributed by atoms with E-state index in [1.54, 1.807) is 0 Å². The van der Waals surface area contributed by atoms with Crippen molar-refractivity contribution in [3.8, 4) is 0 Å². The van der Waals surface area contributed by atoms with E-state index in [0.717, 1.165) is 25.7 Å². The third kappa shape index (κ3) is 11.0. The first-order valence-corrected chi connectivity index (χ1v) is 8.95. The van der Waals surface area contributed by atoms with Crippen LogP contribution in [0.2, 0.25) is 0 Å². The maximum Gasteiger partial charge on any atom is 0.311 e. The molecule has 3 unspecified atom stereocenters. The molecule has 4 heteroatoms. The second-order valence-electron chi connectivity index (χ2n) is 6.80. The van der Waals surface area contributed by atoms with Gasteiger partial charge in [0, 0.05) is 0 Å². The lowest BCUT2D eigenvalue weighted by atomic mass is 9.91. The number of ether oxygens (including phenoxy) is 1. The summed E-state index contributed by atoms with van der Waals surface area (Å²) in [6.07, 6.45) is 7.61.